The van der Waals surface area contributed by atoms with E-state index in [1.54, 1.807) is 12.1 Å². The second-order valence-electron chi connectivity index (χ2n) is 6.67. The minimum atomic E-state index is -0.109. The Labute approximate surface area is 179 Å². The summed E-state index contributed by atoms with van der Waals surface area (Å²) in [6.45, 7) is 2.21. The number of aryl methyl sites for hydroxylation is 1. The summed E-state index contributed by atoms with van der Waals surface area (Å²) in [5.74, 6) is -0.109. The first-order valence-corrected chi connectivity index (χ1v) is 10.6. The normalized spacial score (nSPS) is 10.6. The maximum atomic E-state index is 12.2. The molecule has 0 aliphatic rings. The molecule has 0 saturated carbocycles. The molecule has 3 rings (SSSR count). The molecule has 1 heterocycles. The number of nitrogens with zero attached hydrogens (tertiary/aromatic N) is 1. The van der Waals surface area contributed by atoms with E-state index < -0.39 is 0 Å². The molecule has 0 aliphatic heterocycles. The summed E-state index contributed by atoms with van der Waals surface area (Å²) < 4.78 is 0. The summed E-state index contributed by atoms with van der Waals surface area (Å²) in [4.78, 5) is 27.6. The molecule has 0 atom stereocenters. The highest BCUT2D eigenvalue weighted by Crippen LogP contribution is 2.25. The van der Waals surface area contributed by atoms with Gasteiger partial charge in [0.2, 0.25) is 11.8 Å². The molecular formula is C22H22ClN3O2S. The van der Waals surface area contributed by atoms with Gasteiger partial charge in [0.1, 0.15) is 0 Å². The van der Waals surface area contributed by atoms with Crippen LogP contribution in [0.2, 0.25) is 5.02 Å². The van der Waals surface area contributed by atoms with Crippen molar-refractivity contribution in [2.45, 2.75) is 26.2 Å². The fourth-order valence-electron chi connectivity index (χ4n) is 2.81. The highest BCUT2D eigenvalue weighted by Gasteiger charge is 2.09. The number of amides is 2. The Kier molecular flexibility index (Phi) is 7.38. The van der Waals surface area contributed by atoms with Crippen molar-refractivity contribution in [2.75, 3.05) is 11.9 Å². The molecule has 0 bridgehead atoms. The Hall–Kier alpha value is -2.70. The van der Waals surface area contributed by atoms with Crippen molar-refractivity contribution in [1.29, 1.82) is 0 Å². The lowest BCUT2D eigenvalue weighted by Crippen LogP contribution is -2.21. The zero-order valence-corrected chi connectivity index (χ0v) is 17.6. The fourth-order valence-corrected chi connectivity index (χ4v) is 3.68. The Morgan fingerprint density at radius 3 is 2.41 bits per heavy atom. The molecule has 2 amide bonds. The first kappa shape index (κ1) is 21.0. The van der Waals surface area contributed by atoms with Gasteiger partial charge in [0.15, 0.2) is 5.13 Å². The molecular weight excluding hydrogens is 406 g/mol. The third-order valence-electron chi connectivity index (χ3n) is 4.29. The summed E-state index contributed by atoms with van der Waals surface area (Å²) in [7, 11) is 0. The monoisotopic (exact) mass is 427 g/mol. The first-order valence-electron chi connectivity index (χ1n) is 9.33. The van der Waals surface area contributed by atoms with Gasteiger partial charge in [0, 0.05) is 29.4 Å². The van der Waals surface area contributed by atoms with Gasteiger partial charge in [-0.1, -0.05) is 48.0 Å². The Bertz CT molecular complexity index is 968. The summed E-state index contributed by atoms with van der Waals surface area (Å²) >= 11 is 7.27. The molecule has 1 aromatic heterocycles. The van der Waals surface area contributed by atoms with Crippen LogP contribution < -0.4 is 10.6 Å². The molecule has 0 aliphatic carbocycles. The lowest BCUT2D eigenvalue weighted by atomic mass is 10.1. The minimum absolute atomic E-state index is 0.0000546. The smallest absolute Gasteiger partial charge is 0.230 e. The number of hydrogen-bond acceptors (Lipinski definition) is 4. The van der Waals surface area contributed by atoms with Crippen LogP contribution in [0.3, 0.4) is 0 Å². The molecule has 2 N–H and O–H groups in total. The number of hydrogen-bond donors (Lipinski definition) is 2. The summed E-state index contributed by atoms with van der Waals surface area (Å²) in [5, 5.41) is 8.82. The van der Waals surface area contributed by atoms with E-state index in [4.69, 9.17) is 11.6 Å². The van der Waals surface area contributed by atoms with Crippen molar-refractivity contribution < 1.29 is 9.59 Å². The van der Waals surface area contributed by atoms with Crippen molar-refractivity contribution >= 4 is 39.9 Å². The van der Waals surface area contributed by atoms with Crippen LogP contribution >= 0.6 is 22.9 Å². The van der Waals surface area contributed by atoms with Crippen LogP contribution in [-0.2, 0) is 22.4 Å². The molecule has 0 fully saturated rings. The Balaban J connectivity index is 1.53. The van der Waals surface area contributed by atoms with Gasteiger partial charge < -0.3 is 10.6 Å². The van der Waals surface area contributed by atoms with Gasteiger partial charge in [-0.2, -0.15) is 0 Å². The maximum Gasteiger partial charge on any atom is 0.230 e. The lowest BCUT2D eigenvalue weighted by Gasteiger charge is -2.04. The van der Waals surface area contributed by atoms with Crippen LogP contribution in [0.25, 0.3) is 11.3 Å². The standard InChI is InChI=1S/C22H22ClN3O2S/c1-15(27)24-12-2-3-16-4-8-18(9-5-16)20-14-29-22(25-20)26-21(28)13-17-6-10-19(23)11-7-17/h4-11,14H,2-3,12-13H2,1H3,(H,24,27)(H,25,26,28). The quantitative estimate of drug-likeness (QED) is 0.511. The van der Waals surface area contributed by atoms with Crippen molar-refractivity contribution in [3.63, 3.8) is 0 Å². The predicted molar refractivity (Wildman–Crippen MR) is 118 cm³/mol. The average molecular weight is 428 g/mol. The highest BCUT2D eigenvalue weighted by atomic mass is 35.5. The minimum Gasteiger partial charge on any atom is -0.356 e. The number of aromatic nitrogens is 1. The first-order chi connectivity index (χ1) is 14.0. The number of carbonyl (C=O) groups is 2. The number of benzene rings is 2. The van der Waals surface area contributed by atoms with E-state index >= 15 is 0 Å². The second kappa shape index (κ2) is 10.2. The molecule has 3 aromatic rings. The fraction of sp³-hybridized carbons (Fsp3) is 0.227. The van der Waals surface area contributed by atoms with Crippen LogP contribution in [0.15, 0.2) is 53.9 Å². The van der Waals surface area contributed by atoms with Gasteiger partial charge in [-0.05, 0) is 36.1 Å². The van der Waals surface area contributed by atoms with Gasteiger partial charge in [-0.3, -0.25) is 9.59 Å². The van der Waals surface area contributed by atoms with Gasteiger partial charge >= 0.3 is 0 Å². The summed E-state index contributed by atoms with van der Waals surface area (Å²) in [6.07, 6.45) is 2.09. The maximum absolute atomic E-state index is 12.2. The Morgan fingerprint density at radius 2 is 1.72 bits per heavy atom. The van der Waals surface area contributed by atoms with E-state index in [2.05, 4.69) is 27.8 Å². The van der Waals surface area contributed by atoms with Crippen molar-refractivity contribution in [3.05, 3.63) is 70.1 Å². The van der Waals surface area contributed by atoms with Crippen molar-refractivity contribution in [1.82, 2.24) is 10.3 Å². The third kappa shape index (κ3) is 6.69. The molecule has 0 unspecified atom stereocenters. The summed E-state index contributed by atoms with van der Waals surface area (Å²) in [5.41, 5.74) is 3.95. The molecule has 0 radical (unpaired) electrons. The average Bonchev–Trinajstić information content (AvgIpc) is 3.15. The van der Waals surface area contributed by atoms with E-state index in [1.165, 1.54) is 23.8 Å². The van der Waals surface area contributed by atoms with Gasteiger partial charge in [0.25, 0.3) is 0 Å². The molecule has 7 heteroatoms. The number of rotatable bonds is 8. The number of anilines is 1. The van der Waals surface area contributed by atoms with Crippen molar-refractivity contribution in [2.24, 2.45) is 0 Å². The molecule has 0 spiro atoms. The van der Waals surface area contributed by atoms with Crippen LogP contribution in [-0.4, -0.2) is 23.3 Å². The Morgan fingerprint density at radius 1 is 1.03 bits per heavy atom. The second-order valence-corrected chi connectivity index (χ2v) is 7.97. The number of nitrogens with one attached hydrogen (secondary N) is 2. The molecule has 29 heavy (non-hydrogen) atoms. The molecule has 0 saturated heterocycles. The lowest BCUT2D eigenvalue weighted by molar-refractivity contribution is -0.119. The van der Waals surface area contributed by atoms with Crippen LogP contribution in [0.1, 0.15) is 24.5 Å². The van der Waals surface area contributed by atoms with Gasteiger partial charge in [0.05, 0.1) is 12.1 Å². The molecule has 5 nitrogen and oxygen atoms in total. The highest BCUT2D eigenvalue weighted by molar-refractivity contribution is 7.14. The molecule has 2 aromatic carbocycles. The van der Waals surface area contributed by atoms with Crippen LogP contribution in [0, 0.1) is 0 Å². The van der Waals surface area contributed by atoms with Gasteiger partial charge in [-0.25, -0.2) is 4.98 Å². The molecule has 150 valence electrons. The van der Waals surface area contributed by atoms with E-state index in [-0.39, 0.29) is 18.2 Å². The number of halogens is 1. The van der Waals surface area contributed by atoms with Crippen LogP contribution in [0.4, 0.5) is 5.13 Å². The summed E-state index contributed by atoms with van der Waals surface area (Å²) in [6, 6.07) is 15.4. The van der Waals surface area contributed by atoms with E-state index in [9.17, 15) is 9.59 Å². The number of thiazole rings is 1. The third-order valence-corrected chi connectivity index (χ3v) is 5.30. The van der Waals surface area contributed by atoms with E-state index in [0.717, 1.165) is 29.7 Å². The topological polar surface area (TPSA) is 71.1 Å². The van der Waals surface area contributed by atoms with Gasteiger partial charge in [-0.15, -0.1) is 11.3 Å². The van der Waals surface area contributed by atoms with E-state index in [1.807, 2.05) is 29.6 Å². The zero-order valence-electron chi connectivity index (χ0n) is 16.1. The number of carbonyl (C=O) groups excluding carboxylic acids is 2. The van der Waals surface area contributed by atoms with Crippen LogP contribution in [0.5, 0.6) is 0 Å². The van der Waals surface area contributed by atoms with Crippen molar-refractivity contribution in [3.8, 4) is 11.3 Å². The predicted octanol–water partition coefficient (Wildman–Crippen LogP) is 4.71. The zero-order chi connectivity index (χ0) is 20.6. The largest absolute Gasteiger partial charge is 0.356 e. The van der Waals surface area contributed by atoms with E-state index in [0.29, 0.717) is 16.7 Å². The SMILES string of the molecule is CC(=O)NCCCc1ccc(-c2csc(NC(=O)Cc3ccc(Cl)cc3)n2)cc1.